The minimum Gasteiger partial charge on any atom is -0.468 e. The molecule has 0 spiro atoms. The minimum atomic E-state index is -3.58. The molecule has 8 heteroatoms. The molecule has 188 valence electrons. The molecule has 0 fully saturated rings. The summed E-state index contributed by atoms with van der Waals surface area (Å²) in [6.45, 7) is 6.06. The summed E-state index contributed by atoms with van der Waals surface area (Å²) < 4.78 is 32.6. The van der Waals surface area contributed by atoms with Crippen molar-refractivity contribution < 1.29 is 17.9 Å². The summed E-state index contributed by atoms with van der Waals surface area (Å²) in [5.74, 6) is -0.351. The number of sulfonamides is 1. The van der Waals surface area contributed by atoms with E-state index < -0.39 is 15.6 Å². The lowest BCUT2D eigenvalue weighted by atomic mass is 10.0. The van der Waals surface area contributed by atoms with Crippen LogP contribution < -0.4 is 9.62 Å². The summed E-state index contributed by atoms with van der Waals surface area (Å²) in [4.78, 5) is 14.1. The molecule has 3 aromatic rings. The Labute approximate surface area is 213 Å². The number of carbonyl (C=O) groups excluding carboxylic acids is 1. The number of nitrogens with one attached hydrogen (secondary N) is 1. The molecule has 0 aliphatic heterocycles. The third-order valence-corrected chi connectivity index (χ3v) is 7.22. The molecular weight excluding hydrogens is 474 g/mol. The molecule has 0 aliphatic carbocycles. The van der Waals surface area contributed by atoms with E-state index in [1.54, 1.807) is 63.2 Å². The standard InChI is InChI=1S/C28H31N3O4S/c1-28(2,3)30-36(33,34)26-14-12-24(13-15-26)23-10-8-21(9-11-23)16-17-31(20-27(32)35-4)25-7-5-6-22(18-25)19-29/h5-15,18,30H,16-17,20H2,1-4H3. The smallest absolute Gasteiger partial charge is 0.325 e. The zero-order valence-corrected chi connectivity index (χ0v) is 21.8. The van der Waals surface area contributed by atoms with Crippen LogP contribution in [-0.4, -0.2) is 40.1 Å². The Hall–Kier alpha value is -3.67. The number of anilines is 1. The SMILES string of the molecule is COC(=O)CN(CCc1ccc(-c2ccc(S(=O)(=O)NC(C)(C)C)cc2)cc1)c1cccc(C#N)c1. The van der Waals surface area contributed by atoms with Crippen molar-refractivity contribution in [3.63, 3.8) is 0 Å². The highest BCUT2D eigenvalue weighted by atomic mass is 32.2. The summed E-state index contributed by atoms with van der Waals surface area (Å²) >= 11 is 0. The van der Waals surface area contributed by atoms with Gasteiger partial charge in [-0.1, -0.05) is 42.5 Å². The summed E-state index contributed by atoms with van der Waals surface area (Å²) in [6.07, 6.45) is 0.684. The highest BCUT2D eigenvalue weighted by molar-refractivity contribution is 7.89. The average molecular weight is 506 g/mol. The van der Waals surface area contributed by atoms with Crippen LogP contribution in [-0.2, 0) is 26.0 Å². The Kier molecular flexibility index (Phi) is 8.51. The van der Waals surface area contributed by atoms with Gasteiger partial charge in [-0.05, 0) is 74.2 Å². The van der Waals surface area contributed by atoms with Crippen LogP contribution in [0.3, 0.4) is 0 Å². The Morgan fingerprint density at radius 1 is 1.00 bits per heavy atom. The van der Waals surface area contributed by atoms with E-state index >= 15 is 0 Å². The molecule has 0 bridgehead atoms. The first-order chi connectivity index (χ1) is 17.0. The van der Waals surface area contributed by atoms with Gasteiger partial charge < -0.3 is 9.64 Å². The van der Waals surface area contributed by atoms with Crippen molar-refractivity contribution in [2.24, 2.45) is 0 Å². The maximum absolute atomic E-state index is 12.5. The number of carbonyl (C=O) groups is 1. The van der Waals surface area contributed by atoms with E-state index in [1.807, 2.05) is 35.2 Å². The van der Waals surface area contributed by atoms with Gasteiger partial charge in [0.1, 0.15) is 6.54 Å². The molecular formula is C28H31N3O4S. The van der Waals surface area contributed by atoms with E-state index in [0.717, 1.165) is 22.4 Å². The number of rotatable bonds is 9. The molecule has 0 amide bonds. The normalized spacial score (nSPS) is 11.5. The van der Waals surface area contributed by atoms with E-state index in [0.29, 0.717) is 18.5 Å². The number of nitriles is 1. The zero-order valence-electron chi connectivity index (χ0n) is 21.0. The van der Waals surface area contributed by atoms with Gasteiger partial charge in [-0.25, -0.2) is 13.1 Å². The lowest BCUT2D eigenvalue weighted by molar-refractivity contribution is -0.138. The Bertz CT molecular complexity index is 1340. The van der Waals surface area contributed by atoms with E-state index in [1.165, 1.54) is 7.11 Å². The number of methoxy groups -OCH3 is 1. The van der Waals surface area contributed by atoms with Gasteiger partial charge >= 0.3 is 5.97 Å². The molecule has 0 aliphatic rings. The lowest BCUT2D eigenvalue weighted by Crippen LogP contribution is -2.40. The number of hydrogen-bond donors (Lipinski definition) is 1. The second-order valence-corrected chi connectivity index (χ2v) is 11.2. The second-order valence-electron chi connectivity index (χ2n) is 9.49. The van der Waals surface area contributed by atoms with E-state index in [-0.39, 0.29) is 17.4 Å². The van der Waals surface area contributed by atoms with Gasteiger partial charge in [-0.15, -0.1) is 0 Å². The summed E-state index contributed by atoms with van der Waals surface area (Å²) in [5, 5.41) is 9.21. The van der Waals surface area contributed by atoms with Gasteiger partial charge in [0.25, 0.3) is 0 Å². The van der Waals surface area contributed by atoms with Crippen LogP contribution in [0.2, 0.25) is 0 Å². The van der Waals surface area contributed by atoms with E-state index in [2.05, 4.69) is 10.8 Å². The van der Waals surface area contributed by atoms with Crippen molar-refractivity contribution in [1.82, 2.24) is 4.72 Å². The Balaban J connectivity index is 1.71. The molecule has 0 unspecified atom stereocenters. The molecule has 3 rings (SSSR count). The predicted molar refractivity (Wildman–Crippen MR) is 141 cm³/mol. The topological polar surface area (TPSA) is 99.5 Å². The van der Waals surface area contributed by atoms with Crippen molar-refractivity contribution >= 4 is 21.7 Å². The van der Waals surface area contributed by atoms with Crippen molar-refractivity contribution in [2.45, 2.75) is 37.6 Å². The van der Waals surface area contributed by atoms with Crippen LogP contribution in [0.25, 0.3) is 11.1 Å². The van der Waals surface area contributed by atoms with E-state index in [9.17, 15) is 18.5 Å². The molecule has 0 radical (unpaired) electrons. The molecule has 36 heavy (non-hydrogen) atoms. The van der Waals surface area contributed by atoms with Gasteiger partial charge in [0, 0.05) is 17.8 Å². The van der Waals surface area contributed by atoms with Crippen LogP contribution in [0.4, 0.5) is 5.69 Å². The number of hydrogen-bond acceptors (Lipinski definition) is 6. The zero-order chi connectivity index (χ0) is 26.3. The van der Waals surface area contributed by atoms with Gasteiger partial charge in [0.05, 0.1) is 23.6 Å². The van der Waals surface area contributed by atoms with Crippen LogP contribution in [0.15, 0.2) is 77.7 Å². The summed E-state index contributed by atoms with van der Waals surface area (Å²) in [7, 11) is -2.23. The molecule has 0 saturated heterocycles. The van der Waals surface area contributed by atoms with Crippen LogP contribution in [0.5, 0.6) is 0 Å². The third kappa shape index (κ3) is 7.41. The van der Waals surface area contributed by atoms with Crippen molar-refractivity contribution in [3.05, 3.63) is 83.9 Å². The lowest BCUT2D eigenvalue weighted by Gasteiger charge is -2.24. The maximum atomic E-state index is 12.5. The molecule has 1 N–H and O–H groups in total. The molecule has 0 atom stereocenters. The third-order valence-electron chi connectivity index (χ3n) is 5.45. The first-order valence-electron chi connectivity index (χ1n) is 11.6. The van der Waals surface area contributed by atoms with Crippen molar-refractivity contribution in [2.75, 3.05) is 25.1 Å². The average Bonchev–Trinajstić information content (AvgIpc) is 2.85. The van der Waals surface area contributed by atoms with Crippen LogP contribution in [0.1, 0.15) is 31.9 Å². The summed E-state index contributed by atoms with van der Waals surface area (Å²) in [6, 6.07) is 24.1. The number of benzene rings is 3. The Morgan fingerprint density at radius 2 is 1.61 bits per heavy atom. The van der Waals surface area contributed by atoms with Crippen molar-refractivity contribution in [1.29, 1.82) is 5.26 Å². The van der Waals surface area contributed by atoms with Crippen LogP contribution >= 0.6 is 0 Å². The number of esters is 1. The minimum absolute atomic E-state index is 0.0861. The quantitative estimate of drug-likeness (QED) is 0.429. The Morgan fingerprint density at radius 3 is 2.17 bits per heavy atom. The number of ether oxygens (including phenoxy) is 1. The first kappa shape index (κ1) is 26.9. The maximum Gasteiger partial charge on any atom is 0.325 e. The van der Waals surface area contributed by atoms with Gasteiger partial charge in [0.2, 0.25) is 10.0 Å². The fraction of sp³-hybridized carbons (Fsp3) is 0.286. The predicted octanol–water partition coefficient (Wildman–Crippen LogP) is 4.52. The van der Waals surface area contributed by atoms with Crippen molar-refractivity contribution in [3.8, 4) is 17.2 Å². The largest absolute Gasteiger partial charge is 0.468 e. The van der Waals surface area contributed by atoms with Gasteiger partial charge in [-0.3, -0.25) is 4.79 Å². The summed E-state index contributed by atoms with van der Waals surface area (Å²) in [5.41, 5.74) is 3.72. The molecule has 3 aromatic carbocycles. The first-order valence-corrected chi connectivity index (χ1v) is 13.0. The highest BCUT2D eigenvalue weighted by Gasteiger charge is 2.21. The fourth-order valence-electron chi connectivity index (χ4n) is 3.71. The molecule has 0 heterocycles. The van der Waals surface area contributed by atoms with E-state index in [4.69, 9.17) is 4.74 Å². The number of nitrogens with zero attached hydrogens (tertiary/aromatic N) is 2. The second kappa shape index (κ2) is 11.4. The fourth-order valence-corrected chi connectivity index (χ4v) is 5.13. The molecule has 0 aromatic heterocycles. The molecule has 0 saturated carbocycles. The monoisotopic (exact) mass is 505 g/mol. The van der Waals surface area contributed by atoms with Gasteiger partial charge in [0.15, 0.2) is 0 Å². The highest BCUT2D eigenvalue weighted by Crippen LogP contribution is 2.23. The molecule has 7 nitrogen and oxygen atoms in total. The van der Waals surface area contributed by atoms with Crippen LogP contribution in [0, 0.1) is 11.3 Å². The van der Waals surface area contributed by atoms with Gasteiger partial charge in [-0.2, -0.15) is 5.26 Å².